The van der Waals surface area contributed by atoms with E-state index in [1.54, 1.807) is 0 Å². The van der Waals surface area contributed by atoms with E-state index in [1.807, 2.05) is 35.2 Å². The molecule has 0 aliphatic heterocycles. The predicted octanol–water partition coefficient (Wildman–Crippen LogP) is 2.96. The molecule has 0 unspecified atom stereocenters. The summed E-state index contributed by atoms with van der Waals surface area (Å²) in [5, 5.41) is 10.3. The van der Waals surface area contributed by atoms with E-state index in [1.165, 1.54) is 0 Å². The Morgan fingerprint density at radius 3 is 2.84 bits per heavy atom. The van der Waals surface area contributed by atoms with E-state index in [4.69, 9.17) is 6.42 Å². The van der Waals surface area contributed by atoms with Crippen molar-refractivity contribution in [3.63, 3.8) is 0 Å². The molecule has 0 radical (unpaired) electrons. The summed E-state index contributed by atoms with van der Waals surface area (Å²) in [4.78, 5) is 6.57. The summed E-state index contributed by atoms with van der Waals surface area (Å²) >= 11 is 0. The molecule has 1 heterocycles. The van der Waals surface area contributed by atoms with Crippen LogP contribution in [-0.2, 0) is 0 Å². The van der Waals surface area contributed by atoms with Crippen LogP contribution in [0, 0.1) is 23.7 Å². The Kier molecular flexibility index (Phi) is 4.00. The Labute approximate surface area is 113 Å². The monoisotopic (exact) mass is 249 g/mol. The smallest absolute Gasteiger partial charge is 0.148 e. The first-order valence-corrected chi connectivity index (χ1v) is 6.28. The van der Waals surface area contributed by atoms with E-state index >= 15 is 0 Å². The third-order valence-corrected chi connectivity index (χ3v) is 2.90. The number of aromatic nitrogens is 1. The SMILES string of the molecule is C#CCN(CCC)c1nc2ccccc2cc1C#N. The lowest BCUT2D eigenvalue weighted by Crippen LogP contribution is -2.26. The number of hydrogen-bond acceptors (Lipinski definition) is 3. The summed E-state index contributed by atoms with van der Waals surface area (Å²) < 4.78 is 0. The van der Waals surface area contributed by atoms with Gasteiger partial charge in [0.1, 0.15) is 11.9 Å². The highest BCUT2D eigenvalue weighted by Crippen LogP contribution is 2.23. The van der Waals surface area contributed by atoms with Crippen LogP contribution in [0.15, 0.2) is 30.3 Å². The Hall–Kier alpha value is -2.52. The summed E-state index contributed by atoms with van der Waals surface area (Å²) in [6.45, 7) is 3.34. The van der Waals surface area contributed by atoms with Crippen LogP contribution < -0.4 is 4.90 Å². The first-order valence-electron chi connectivity index (χ1n) is 6.28. The lowest BCUT2D eigenvalue weighted by atomic mass is 10.1. The van der Waals surface area contributed by atoms with Crippen molar-refractivity contribution < 1.29 is 0 Å². The number of benzene rings is 1. The normalized spacial score (nSPS) is 9.84. The minimum Gasteiger partial charge on any atom is -0.344 e. The second-order valence-electron chi connectivity index (χ2n) is 4.29. The van der Waals surface area contributed by atoms with Crippen LogP contribution >= 0.6 is 0 Å². The van der Waals surface area contributed by atoms with Crippen molar-refractivity contribution in [3.8, 4) is 18.4 Å². The fraction of sp³-hybridized carbons (Fsp3) is 0.250. The lowest BCUT2D eigenvalue weighted by Gasteiger charge is -2.21. The van der Waals surface area contributed by atoms with Crippen LogP contribution in [0.25, 0.3) is 10.9 Å². The molecule has 94 valence electrons. The van der Waals surface area contributed by atoms with Crippen LogP contribution in [0.5, 0.6) is 0 Å². The highest BCUT2D eigenvalue weighted by molar-refractivity contribution is 5.83. The molecule has 2 rings (SSSR count). The largest absolute Gasteiger partial charge is 0.344 e. The van der Waals surface area contributed by atoms with Crippen molar-refractivity contribution in [3.05, 3.63) is 35.9 Å². The van der Waals surface area contributed by atoms with E-state index in [0.29, 0.717) is 17.9 Å². The zero-order valence-corrected chi connectivity index (χ0v) is 10.9. The number of rotatable bonds is 4. The highest BCUT2D eigenvalue weighted by atomic mass is 15.2. The Bertz CT molecular complexity index is 662. The number of nitrogens with zero attached hydrogens (tertiary/aromatic N) is 3. The second-order valence-corrected chi connectivity index (χ2v) is 4.29. The summed E-state index contributed by atoms with van der Waals surface area (Å²) in [7, 11) is 0. The van der Waals surface area contributed by atoms with Gasteiger partial charge in [0.15, 0.2) is 0 Å². The molecule has 1 aromatic heterocycles. The fourth-order valence-electron chi connectivity index (χ4n) is 2.07. The molecule has 0 saturated carbocycles. The van der Waals surface area contributed by atoms with Gasteiger partial charge in [-0.05, 0) is 18.6 Å². The molecule has 2 aromatic rings. The average molecular weight is 249 g/mol. The third-order valence-electron chi connectivity index (χ3n) is 2.90. The Balaban J connectivity index is 2.57. The highest BCUT2D eigenvalue weighted by Gasteiger charge is 2.12. The van der Waals surface area contributed by atoms with Crippen LogP contribution in [0.1, 0.15) is 18.9 Å². The molecule has 0 N–H and O–H groups in total. The number of anilines is 1. The van der Waals surface area contributed by atoms with Gasteiger partial charge in [0.25, 0.3) is 0 Å². The minimum absolute atomic E-state index is 0.466. The molecular formula is C16H15N3. The standard InChI is InChI=1S/C16H15N3/c1-3-9-19(10-4-2)16-14(12-17)11-13-7-5-6-8-15(13)18-16/h1,5-8,11H,4,9-10H2,2H3. The molecule has 0 fully saturated rings. The van der Waals surface area contributed by atoms with E-state index in [0.717, 1.165) is 23.9 Å². The lowest BCUT2D eigenvalue weighted by molar-refractivity contribution is 0.810. The molecular weight excluding hydrogens is 234 g/mol. The van der Waals surface area contributed by atoms with Crippen LogP contribution in [0.3, 0.4) is 0 Å². The van der Waals surface area contributed by atoms with Crippen LogP contribution in [0.4, 0.5) is 5.82 Å². The van der Waals surface area contributed by atoms with Crippen LogP contribution in [0.2, 0.25) is 0 Å². The van der Waals surface area contributed by atoms with Gasteiger partial charge in [-0.15, -0.1) is 6.42 Å². The van der Waals surface area contributed by atoms with Gasteiger partial charge in [-0.2, -0.15) is 5.26 Å². The van der Waals surface area contributed by atoms with Crippen molar-refractivity contribution in [2.45, 2.75) is 13.3 Å². The van der Waals surface area contributed by atoms with Crippen molar-refractivity contribution in [1.29, 1.82) is 5.26 Å². The van der Waals surface area contributed by atoms with Gasteiger partial charge in [0, 0.05) is 11.9 Å². The first kappa shape index (κ1) is 12.9. The summed E-state index contributed by atoms with van der Waals surface area (Å²) in [5.41, 5.74) is 1.46. The number of nitriles is 1. The molecule has 0 aliphatic carbocycles. The van der Waals surface area contributed by atoms with E-state index in [2.05, 4.69) is 23.9 Å². The maximum absolute atomic E-state index is 9.29. The van der Waals surface area contributed by atoms with Crippen molar-refractivity contribution in [1.82, 2.24) is 4.98 Å². The average Bonchev–Trinajstić information content (AvgIpc) is 2.45. The first-order chi connectivity index (χ1) is 9.30. The molecule has 0 spiro atoms. The molecule has 1 aromatic carbocycles. The van der Waals surface area contributed by atoms with Gasteiger partial charge in [0.2, 0.25) is 0 Å². The van der Waals surface area contributed by atoms with Gasteiger partial charge in [-0.25, -0.2) is 4.98 Å². The molecule has 0 saturated heterocycles. The van der Waals surface area contributed by atoms with Gasteiger partial charge in [-0.3, -0.25) is 0 Å². The summed E-state index contributed by atoms with van der Waals surface area (Å²) in [5.74, 6) is 3.31. The van der Waals surface area contributed by atoms with Gasteiger partial charge in [-0.1, -0.05) is 31.0 Å². The van der Waals surface area contributed by atoms with Crippen molar-refractivity contribution in [2.75, 3.05) is 18.0 Å². The number of pyridine rings is 1. The van der Waals surface area contributed by atoms with Gasteiger partial charge >= 0.3 is 0 Å². The van der Waals surface area contributed by atoms with Crippen molar-refractivity contribution >= 4 is 16.7 Å². The predicted molar refractivity (Wildman–Crippen MR) is 77.8 cm³/mol. The fourth-order valence-corrected chi connectivity index (χ4v) is 2.07. The third kappa shape index (κ3) is 2.67. The Morgan fingerprint density at radius 1 is 1.37 bits per heavy atom. The van der Waals surface area contributed by atoms with Gasteiger partial charge in [0.05, 0.1) is 17.6 Å². The molecule has 0 aliphatic rings. The van der Waals surface area contributed by atoms with E-state index < -0.39 is 0 Å². The number of fused-ring (bicyclic) bond motifs is 1. The number of para-hydroxylation sites is 1. The second kappa shape index (κ2) is 5.89. The zero-order chi connectivity index (χ0) is 13.7. The maximum Gasteiger partial charge on any atom is 0.148 e. The van der Waals surface area contributed by atoms with Crippen molar-refractivity contribution in [2.24, 2.45) is 0 Å². The van der Waals surface area contributed by atoms with Gasteiger partial charge < -0.3 is 4.90 Å². The summed E-state index contributed by atoms with van der Waals surface area (Å²) in [6.07, 6.45) is 6.36. The number of hydrogen-bond donors (Lipinski definition) is 0. The maximum atomic E-state index is 9.29. The van der Waals surface area contributed by atoms with E-state index in [-0.39, 0.29) is 0 Å². The molecule has 0 amide bonds. The summed E-state index contributed by atoms with van der Waals surface area (Å²) in [6, 6.07) is 11.9. The van der Waals surface area contributed by atoms with E-state index in [9.17, 15) is 5.26 Å². The molecule has 0 atom stereocenters. The number of terminal acetylenes is 1. The molecule has 3 heteroatoms. The quantitative estimate of drug-likeness (QED) is 0.782. The molecule has 3 nitrogen and oxygen atoms in total. The zero-order valence-electron chi connectivity index (χ0n) is 10.9. The molecule has 0 bridgehead atoms. The Morgan fingerprint density at radius 2 is 2.16 bits per heavy atom. The topological polar surface area (TPSA) is 39.9 Å². The minimum atomic E-state index is 0.466. The molecule has 19 heavy (non-hydrogen) atoms. The van der Waals surface area contributed by atoms with Crippen LogP contribution in [-0.4, -0.2) is 18.1 Å².